The van der Waals surface area contributed by atoms with Gasteiger partial charge in [0.1, 0.15) is 0 Å². The Labute approximate surface area is 127 Å². The third-order valence-electron chi connectivity index (χ3n) is 4.40. The molecule has 0 aliphatic heterocycles. The van der Waals surface area contributed by atoms with E-state index in [0.29, 0.717) is 17.0 Å². The zero-order valence-corrected chi connectivity index (χ0v) is 12.2. The number of carbonyl (C=O) groups excluding carboxylic acids is 1. The van der Waals surface area contributed by atoms with Crippen LogP contribution in [0.2, 0.25) is 5.02 Å². The number of anilines is 1. The fourth-order valence-corrected chi connectivity index (χ4v) is 2.98. The molecule has 2 saturated carbocycles. The minimum Gasteiger partial charge on any atom is -0.478 e. The fraction of sp³-hybridized carbons (Fsp3) is 0.467. The number of urea groups is 1. The van der Waals surface area contributed by atoms with Crippen LogP contribution in [-0.2, 0) is 0 Å². The Morgan fingerprint density at radius 2 is 2.05 bits per heavy atom. The van der Waals surface area contributed by atoms with Gasteiger partial charge in [-0.3, -0.25) is 0 Å². The minimum absolute atomic E-state index is 0.0130. The standard InChI is InChI=1S/C15H17ClN2O3/c16-10-3-4-12(11(7-10)13(19)20)18-14(21)17-8-15(5-6-15)9-1-2-9/h3-4,7,9H,1-2,5-6,8H2,(H,19,20)(H2,17,18,21). The highest BCUT2D eigenvalue weighted by molar-refractivity contribution is 6.31. The van der Waals surface area contributed by atoms with Crippen molar-refractivity contribution < 1.29 is 14.7 Å². The number of carboxylic acid groups (broad SMARTS) is 1. The van der Waals surface area contributed by atoms with Crippen LogP contribution in [0, 0.1) is 11.3 Å². The van der Waals surface area contributed by atoms with E-state index >= 15 is 0 Å². The molecule has 0 atom stereocenters. The molecule has 0 saturated heterocycles. The highest BCUT2D eigenvalue weighted by Gasteiger charge is 2.53. The monoisotopic (exact) mass is 308 g/mol. The zero-order chi connectivity index (χ0) is 15.0. The van der Waals surface area contributed by atoms with Gasteiger partial charge < -0.3 is 15.7 Å². The first-order valence-electron chi connectivity index (χ1n) is 7.08. The van der Waals surface area contributed by atoms with Crippen LogP contribution < -0.4 is 10.6 Å². The van der Waals surface area contributed by atoms with Gasteiger partial charge in [0.15, 0.2) is 0 Å². The first-order chi connectivity index (χ1) is 10.00. The number of rotatable bonds is 5. The van der Waals surface area contributed by atoms with E-state index in [4.69, 9.17) is 16.7 Å². The van der Waals surface area contributed by atoms with Crippen LogP contribution >= 0.6 is 11.6 Å². The number of halogens is 1. The lowest BCUT2D eigenvalue weighted by Crippen LogP contribution is -2.34. The highest BCUT2D eigenvalue weighted by Crippen LogP contribution is 2.60. The minimum atomic E-state index is -1.12. The highest BCUT2D eigenvalue weighted by atomic mass is 35.5. The molecule has 0 bridgehead atoms. The van der Waals surface area contributed by atoms with Gasteiger partial charge in [0.05, 0.1) is 11.3 Å². The summed E-state index contributed by atoms with van der Waals surface area (Å²) in [7, 11) is 0. The molecule has 3 rings (SSSR count). The lowest BCUT2D eigenvalue weighted by Gasteiger charge is -2.16. The summed E-state index contributed by atoms with van der Waals surface area (Å²) >= 11 is 5.78. The lowest BCUT2D eigenvalue weighted by atomic mass is 10.0. The van der Waals surface area contributed by atoms with E-state index in [1.807, 2.05) is 0 Å². The van der Waals surface area contributed by atoms with E-state index in [9.17, 15) is 9.59 Å². The molecule has 112 valence electrons. The number of amides is 2. The van der Waals surface area contributed by atoms with Crippen molar-refractivity contribution in [3.8, 4) is 0 Å². The van der Waals surface area contributed by atoms with Crippen LogP contribution in [0.5, 0.6) is 0 Å². The van der Waals surface area contributed by atoms with Crippen LogP contribution in [-0.4, -0.2) is 23.7 Å². The number of benzene rings is 1. The molecular weight excluding hydrogens is 292 g/mol. The molecule has 2 fully saturated rings. The predicted octanol–water partition coefficient (Wildman–Crippen LogP) is 3.35. The number of aromatic carboxylic acids is 1. The Morgan fingerprint density at radius 3 is 2.62 bits per heavy atom. The van der Waals surface area contributed by atoms with E-state index in [2.05, 4.69) is 10.6 Å². The summed E-state index contributed by atoms with van der Waals surface area (Å²) in [6.45, 7) is 0.666. The van der Waals surface area contributed by atoms with Crippen molar-refractivity contribution in [1.29, 1.82) is 0 Å². The van der Waals surface area contributed by atoms with Crippen molar-refractivity contribution in [2.24, 2.45) is 11.3 Å². The van der Waals surface area contributed by atoms with Crippen molar-refractivity contribution >= 4 is 29.3 Å². The topological polar surface area (TPSA) is 78.4 Å². The number of carboxylic acids is 1. The van der Waals surface area contributed by atoms with Crippen LogP contribution in [0.4, 0.5) is 10.5 Å². The smallest absolute Gasteiger partial charge is 0.337 e. The van der Waals surface area contributed by atoms with Crippen LogP contribution in [0.15, 0.2) is 18.2 Å². The first-order valence-corrected chi connectivity index (χ1v) is 7.46. The van der Waals surface area contributed by atoms with Gasteiger partial charge in [-0.15, -0.1) is 0 Å². The first kappa shape index (κ1) is 14.2. The second-order valence-electron chi connectivity index (χ2n) is 5.94. The van der Waals surface area contributed by atoms with Crippen molar-refractivity contribution in [2.45, 2.75) is 25.7 Å². The van der Waals surface area contributed by atoms with E-state index in [-0.39, 0.29) is 17.3 Å². The second kappa shape index (κ2) is 5.22. The summed E-state index contributed by atoms with van der Waals surface area (Å²) in [5.41, 5.74) is 0.550. The van der Waals surface area contributed by atoms with Gasteiger partial charge in [-0.05, 0) is 55.2 Å². The third kappa shape index (κ3) is 3.13. The molecule has 1 aromatic rings. The van der Waals surface area contributed by atoms with E-state index < -0.39 is 5.97 Å². The molecule has 0 aromatic heterocycles. The van der Waals surface area contributed by atoms with Crippen LogP contribution in [0.3, 0.4) is 0 Å². The quantitative estimate of drug-likeness (QED) is 0.780. The molecule has 0 radical (unpaired) electrons. The van der Waals surface area contributed by atoms with Crippen LogP contribution in [0.25, 0.3) is 0 Å². The number of hydrogen-bond donors (Lipinski definition) is 3. The fourth-order valence-electron chi connectivity index (χ4n) is 2.81. The summed E-state index contributed by atoms with van der Waals surface area (Å²) in [6.07, 6.45) is 4.89. The molecule has 21 heavy (non-hydrogen) atoms. The molecular formula is C15H17ClN2O3. The van der Waals surface area contributed by atoms with Crippen molar-refractivity contribution in [1.82, 2.24) is 5.32 Å². The molecule has 5 nitrogen and oxygen atoms in total. The normalized spacial score (nSPS) is 18.9. The molecule has 2 amide bonds. The Morgan fingerprint density at radius 1 is 1.33 bits per heavy atom. The molecule has 6 heteroatoms. The maximum Gasteiger partial charge on any atom is 0.337 e. The van der Waals surface area contributed by atoms with Gasteiger partial charge in [0.25, 0.3) is 0 Å². The van der Waals surface area contributed by atoms with Gasteiger partial charge in [0, 0.05) is 11.6 Å². The molecule has 0 unspecified atom stereocenters. The van der Waals surface area contributed by atoms with Crippen LogP contribution in [0.1, 0.15) is 36.0 Å². The average Bonchev–Trinajstić information content (AvgIpc) is 3.30. The van der Waals surface area contributed by atoms with Gasteiger partial charge in [-0.1, -0.05) is 11.6 Å². The van der Waals surface area contributed by atoms with Crippen molar-refractivity contribution in [3.05, 3.63) is 28.8 Å². The maximum absolute atomic E-state index is 11.9. The zero-order valence-electron chi connectivity index (χ0n) is 11.5. The summed E-state index contributed by atoms with van der Waals surface area (Å²) in [5, 5.41) is 14.9. The van der Waals surface area contributed by atoms with Crippen molar-refractivity contribution in [2.75, 3.05) is 11.9 Å². The SMILES string of the molecule is O=C(NCC1(C2CC2)CC1)Nc1ccc(Cl)cc1C(=O)O. The maximum atomic E-state index is 11.9. The summed E-state index contributed by atoms with van der Waals surface area (Å²) in [4.78, 5) is 23.1. The molecule has 2 aliphatic rings. The number of hydrogen-bond acceptors (Lipinski definition) is 2. The summed E-state index contributed by atoms with van der Waals surface area (Å²) in [5.74, 6) is -0.354. The lowest BCUT2D eigenvalue weighted by molar-refractivity contribution is 0.0698. The second-order valence-corrected chi connectivity index (χ2v) is 6.38. The molecule has 2 aliphatic carbocycles. The summed E-state index contributed by atoms with van der Waals surface area (Å²) in [6, 6.07) is 4.01. The summed E-state index contributed by atoms with van der Waals surface area (Å²) < 4.78 is 0. The molecule has 3 N–H and O–H groups in total. The van der Waals surface area contributed by atoms with Gasteiger partial charge in [-0.2, -0.15) is 0 Å². The molecule has 0 spiro atoms. The van der Waals surface area contributed by atoms with Gasteiger partial charge >= 0.3 is 12.0 Å². The van der Waals surface area contributed by atoms with Gasteiger partial charge in [0.2, 0.25) is 0 Å². The Kier molecular flexibility index (Phi) is 3.53. The number of nitrogens with one attached hydrogen (secondary N) is 2. The Hall–Kier alpha value is -1.75. The third-order valence-corrected chi connectivity index (χ3v) is 4.63. The van der Waals surface area contributed by atoms with E-state index in [1.54, 1.807) is 6.07 Å². The van der Waals surface area contributed by atoms with Gasteiger partial charge in [-0.25, -0.2) is 9.59 Å². The molecule has 1 aromatic carbocycles. The Balaban J connectivity index is 1.61. The Bertz CT molecular complexity index is 595. The number of carbonyl (C=O) groups is 2. The van der Waals surface area contributed by atoms with E-state index in [0.717, 1.165) is 5.92 Å². The largest absolute Gasteiger partial charge is 0.478 e. The predicted molar refractivity (Wildman–Crippen MR) is 79.8 cm³/mol. The van der Waals surface area contributed by atoms with Crippen molar-refractivity contribution in [3.63, 3.8) is 0 Å². The average molecular weight is 309 g/mol. The van der Waals surface area contributed by atoms with E-state index in [1.165, 1.54) is 37.8 Å². The molecule has 0 heterocycles.